The molecule has 2 aromatic rings. The molecule has 0 unspecified atom stereocenters. The van der Waals surface area contributed by atoms with Crippen LogP contribution in [0.3, 0.4) is 0 Å². The van der Waals surface area contributed by atoms with E-state index < -0.39 is 25.8 Å². The number of hydrogen-bond donors (Lipinski definition) is 2. The van der Waals surface area contributed by atoms with E-state index in [9.17, 15) is 21.6 Å². The number of sulfonamides is 1. The normalized spacial score (nSPS) is 11.8. The molecule has 0 spiro atoms. The second kappa shape index (κ2) is 9.82. The number of nitrogens with one attached hydrogen (secondary N) is 2. The van der Waals surface area contributed by atoms with Crippen molar-refractivity contribution in [2.45, 2.75) is 24.0 Å². The number of hydrogen-bond acceptors (Lipinski definition) is 5. The standard InChI is InChI=1S/C20H24N2O5S2/c1-3-13-21-29(26,27)15-16-9-11-17(12-10-16)22-20(23)18-7-5-6-8-19(18)28(24,25)14-4-2/h3,5-12,21H,1,4,13-15H2,2H3,(H,22,23). The fraction of sp³-hybridized carbons (Fsp3) is 0.250. The van der Waals surface area contributed by atoms with Crippen LogP contribution in [0.25, 0.3) is 0 Å². The van der Waals surface area contributed by atoms with Gasteiger partial charge in [-0.1, -0.05) is 37.3 Å². The van der Waals surface area contributed by atoms with Crippen molar-refractivity contribution in [3.63, 3.8) is 0 Å². The summed E-state index contributed by atoms with van der Waals surface area (Å²) in [5.41, 5.74) is 1.05. The molecule has 0 saturated carbocycles. The molecule has 0 aliphatic rings. The lowest BCUT2D eigenvalue weighted by Crippen LogP contribution is -2.25. The predicted molar refractivity (Wildman–Crippen MR) is 114 cm³/mol. The second-order valence-corrected chi connectivity index (χ2v) is 10.2. The molecule has 2 N–H and O–H groups in total. The molecule has 0 aliphatic carbocycles. The Balaban J connectivity index is 2.16. The summed E-state index contributed by atoms with van der Waals surface area (Å²) in [6.07, 6.45) is 1.90. The monoisotopic (exact) mass is 436 g/mol. The van der Waals surface area contributed by atoms with E-state index >= 15 is 0 Å². The highest BCUT2D eigenvalue weighted by Gasteiger charge is 2.21. The van der Waals surface area contributed by atoms with Crippen LogP contribution in [0.4, 0.5) is 5.69 Å². The summed E-state index contributed by atoms with van der Waals surface area (Å²) in [6, 6.07) is 12.4. The van der Waals surface area contributed by atoms with Crippen LogP contribution in [0.1, 0.15) is 29.3 Å². The van der Waals surface area contributed by atoms with Crippen molar-refractivity contribution in [1.29, 1.82) is 0 Å². The van der Waals surface area contributed by atoms with Gasteiger partial charge in [0.2, 0.25) is 10.0 Å². The van der Waals surface area contributed by atoms with Gasteiger partial charge < -0.3 is 5.32 Å². The summed E-state index contributed by atoms with van der Waals surface area (Å²) in [5.74, 6) is -0.790. The molecule has 7 nitrogen and oxygen atoms in total. The van der Waals surface area contributed by atoms with Gasteiger partial charge in [-0.25, -0.2) is 21.6 Å². The Morgan fingerprint density at radius 3 is 2.31 bits per heavy atom. The Bertz CT molecular complexity index is 1080. The second-order valence-electron chi connectivity index (χ2n) is 6.36. The Morgan fingerprint density at radius 1 is 1.03 bits per heavy atom. The van der Waals surface area contributed by atoms with Crippen LogP contribution in [-0.2, 0) is 25.6 Å². The van der Waals surface area contributed by atoms with Gasteiger partial charge in [0.15, 0.2) is 9.84 Å². The molecule has 2 rings (SSSR count). The number of benzene rings is 2. The molecule has 9 heteroatoms. The summed E-state index contributed by atoms with van der Waals surface area (Å²) in [4.78, 5) is 12.6. The van der Waals surface area contributed by atoms with Crippen LogP contribution in [0, 0.1) is 0 Å². The SMILES string of the molecule is C=CCNS(=O)(=O)Cc1ccc(NC(=O)c2ccccc2S(=O)(=O)CCC)cc1. The molecule has 156 valence electrons. The molecule has 0 saturated heterocycles. The number of sulfone groups is 1. The lowest BCUT2D eigenvalue weighted by molar-refractivity contribution is 0.102. The van der Waals surface area contributed by atoms with Crippen LogP contribution in [0.15, 0.2) is 66.1 Å². The maximum absolute atomic E-state index is 12.6. The number of carbonyl (C=O) groups is 1. The van der Waals surface area contributed by atoms with Crippen molar-refractivity contribution in [1.82, 2.24) is 4.72 Å². The molecular weight excluding hydrogens is 412 g/mol. The van der Waals surface area contributed by atoms with Gasteiger partial charge in [0, 0.05) is 12.2 Å². The molecule has 0 aromatic heterocycles. The molecule has 0 heterocycles. The fourth-order valence-electron chi connectivity index (χ4n) is 2.64. The number of anilines is 1. The minimum atomic E-state index is -3.55. The topological polar surface area (TPSA) is 109 Å². The van der Waals surface area contributed by atoms with E-state index in [2.05, 4.69) is 16.6 Å². The van der Waals surface area contributed by atoms with Crippen molar-refractivity contribution >= 4 is 31.5 Å². The molecule has 0 aliphatic heterocycles. The molecule has 2 aromatic carbocycles. The van der Waals surface area contributed by atoms with Crippen molar-refractivity contribution < 1.29 is 21.6 Å². The summed E-state index contributed by atoms with van der Waals surface area (Å²) >= 11 is 0. The van der Waals surface area contributed by atoms with Crippen molar-refractivity contribution in [2.24, 2.45) is 0 Å². The van der Waals surface area contributed by atoms with E-state index in [-0.39, 0.29) is 28.5 Å². The van der Waals surface area contributed by atoms with Crippen molar-refractivity contribution in [3.8, 4) is 0 Å². The van der Waals surface area contributed by atoms with Gasteiger partial charge in [-0.15, -0.1) is 6.58 Å². The molecule has 0 bridgehead atoms. The van der Waals surface area contributed by atoms with E-state index in [4.69, 9.17) is 0 Å². The van der Waals surface area contributed by atoms with Gasteiger partial charge in [-0.05, 0) is 36.2 Å². The smallest absolute Gasteiger partial charge is 0.256 e. The maximum Gasteiger partial charge on any atom is 0.256 e. The van der Waals surface area contributed by atoms with Crippen LogP contribution >= 0.6 is 0 Å². The number of carbonyl (C=O) groups excluding carboxylic acids is 1. The number of rotatable bonds is 10. The summed E-state index contributed by atoms with van der Waals surface area (Å²) in [6.45, 7) is 5.37. The van der Waals surface area contributed by atoms with Gasteiger partial charge in [-0.2, -0.15) is 0 Å². The van der Waals surface area contributed by atoms with E-state index in [1.165, 1.54) is 18.2 Å². The molecule has 0 atom stereocenters. The lowest BCUT2D eigenvalue weighted by Gasteiger charge is -2.11. The Hall–Kier alpha value is -2.49. The zero-order valence-electron chi connectivity index (χ0n) is 16.1. The van der Waals surface area contributed by atoms with Gasteiger partial charge >= 0.3 is 0 Å². The van der Waals surface area contributed by atoms with Crippen LogP contribution in [0.2, 0.25) is 0 Å². The Morgan fingerprint density at radius 2 is 1.69 bits per heavy atom. The average molecular weight is 437 g/mol. The van der Waals surface area contributed by atoms with E-state index in [0.29, 0.717) is 17.7 Å². The quantitative estimate of drug-likeness (QED) is 0.557. The van der Waals surface area contributed by atoms with Crippen molar-refractivity contribution in [2.75, 3.05) is 17.6 Å². The highest BCUT2D eigenvalue weighted by Crippen LogP contribution is 2.20. The first-order valence-electron chi connectivity index (χ1n) is 8.99. The average Bonchev–Trinajstić information content (AvgIpc) is 2.67. The van der Waals surface area contributed by atoms with E-state index in [1.54, 1.807) is 43.3 Å². The predicted octanol–water partition coefficient (Wildman–Crippen LogP) is 2.73. The molecule has 1 amide bonds. The zero-order chi connectivity index (χ0) is 21.5. The number of amides is 1. The van der Waals surface area contributed by atoms with E-state index in [1.807, 2.05) is 0 Å². The van der Waals surface area contributed by atoms with Gasteiger partial charge in [0.05, 0.1) is 22.0 Å². The third-order valence-electron chi connectivity index (χ3n) is 3.96. The highest BCUT2D eigenvalue weighted by molar-refractivity contribution is 7.91. The molecular formula is C20H24N2O5S2. The zero-order valence-corrected chi connectivity index (χ0v) is 17.7. The minimum absolute atomic E-state index is 0.00430. The third kappa shape index (κ3) is 6.52. The van der Waals surface area contributed by atoms with Crippen LogP contribution < -0.4 is 10.0 Å². The third-order valence-corrected chi connectivity index (χ3v) is 7.25. The van der Waals surface area contributed by atoms with Crippen LogP contribution in [0.5, 0.6) is 0 Å². The molecule has 0 radical (unpaired) electrons. The van der Waals surface area contributed by atoms with Crippen LogP contribution in [-0.4, -0.2) is 35.0 Å². The Labute approximate surface area is 171 Å². The maximum atomic E-state index is 12.6. The van der Waals surface area contributed by atoms with Gasteiger partial charge in [0.1, 0.15) is 0 Å². The molecule has 0 fully saturated rings. The largest absolute Gasteiger partial charge is 0.322 e. The van der Waals surface area contributed by atoms with Gasteiger partial charge in [0.25, 0.3) is 5.91 Å². The summed E-state index contributed by atoms with van der Waals surface area (Å²) in [5, 5.41) is 2.66. The summed E-state index contributed by atoms with van der Waals surface area (Å²) in [7, 11) is -7.03. The van der Waals surface area contributed by atoms with Crippen molar-refractivity contribution in [3.05, 3.63) is 72.3 Å². The first kappa shape index (κ1) is 22.8. The van der Waals surface area contributed by atoms with E-state index in [0.717, 1.165) is 0 Å². The minimum Gasteiger partial charge on any atom is -0.322 e. The first-order chi connectivity index (χ1) is 13.7. The van der Waals surface area contributed by atoms with Gasteiger partial charge in [-0.3, -0.25) is 4.79 Å². The highest BCUT2D eigenvalue weighted by atomic mass is 32.2. The fourth-order valence-corrected chi connectivity index (χ4v) is 5.29. The lowest BCUT2D eigenvalue weighted by atomic mass is 10.2. The molecule has 29 heavy (non-hydrogen) atoms. The Kier molecular flexibility index (Phi) is 7.72. The first-order valence-corrected chi connectivity index (χ1v) is 12.3. The summed E-state index contributed by atoms with van der Waals surface area (Å²) < 4.78 is 51.0.